The monoisotopic (exact) mass is 758 g/mol. The number of aromatic nitrogens is 5. The molecule has 7 rings (SSSR count). The first-order valence-corrected chi connectivity index (χ1v) is 18.9. The summed E-state index contributed by atoms with van der Waals surface area (Å²) < 4.78 is 7.87. The smallest absolute Gasteiger partial charge is 0.391 e. The molecule has 0 aliphatic rings. The Hall–Kier alpha value is -5.87. The van der Waals surface area contributed by atoms with E-state index < -0.39 is 17.9 Å². The second-order valence-electron chi connectivity index (χ2n) is 11.7. The summed E-state index contributed by atoms with van der Waals surface area (Å²) in [4.78, 5) is 45.3. The molecule has 1 unspecified atom stereocenters. The van der Waals surface area contributed by atoms with Gasteiger partial charge in [0.15, 0.2) is 5.01 Å². The first kappa shape index (κ1) is 35.5. The number of hydrogen-bond acceptors (Lipinski definition) is 10. The van der Waals surface area contributed by atoms with Gasteiger partial charge in [-0.15, -0.1) is 27.7 Å². The van der Waals surface area contributed by atoms with Crippen molar-refractivity contribution in [3.8, 4) is 34.5 Å². The van der Waals surface area contributed by atoms with Gasteiger partial charge in [0.2, 0.25) is 5.01 Å². The standard InChI is InChI=1S/C40H31ClN6O4S2/c1-2-3-7-33(47(39(48)37-42-21-23-52-37)51-40(49)38-43-22-24-53-38)16-15-30-25-36(28-9-12-29(41)13-10-28)46(45-30)32-17-19-34(20-18-32)50-26-31-14-11-27-6-4-5-8-35(27)44-31/h4-6,8-14,17-25,33H,2-3,7,26H2,1H3. The van der Waals surface area contributed by atoms with Crippen molar-refractivity contribution >= 4 is 57.1 Å². The van der Waals surface area contributed by atoms with Gasteiger partial charge in [0.1, 0.15) is 24.1 Å². The van der Waals surface area contributed by atoms with Crippen LogP contribution in [0.4, 0.5) is 0 Å². The highest BCUT2D eigenvalue weighted by Gasteiger charge is 2.30. The normalized spacial score (nSPS) is 11.4. The minimum absolute atomic E-state index is 0.122. The van der Waals surface area contributed by atoms with Crippen molar-refractivity contribution in [2.45, 2.75) is 38.8 Å². The molecule has 13 heteroatoms. The van der Waals surface area contributed by atoms with E-state index in [1.807, 2.05) is 97.9 Å². The number of unbranched alkanes of at least 4 members (excludes halogenated alkanes) is 1. The van der Waals surface area contributed by atoms with Crippen LogP contribution in [0.5, 0.6) is 5.75 Å². The van der Waals surface area contributed by atoms with Crippen LogP contribution in [-0.4, -0.2) is 47.7 Å². The second-order valence-corrected chi connectivity index (χ2v) is 13.9. The van der Waals surface area contributed by atoms with Crippen LogP contribution < -0.4 is 4.74 Å². The number of hydrogen-bond donors (Lipinski definition) is 0. The zero-order valence-corrected chi connectivity index (χ0v) is 30.8. The predicted octanol–water partition coefficient (Wildman–Crippen LogP) is 9.06. The Labute approximate surface area is 318 Å². The summed E-state index contributed by atoms with van der Waals surface area (Å²) in [6.45, 7) is 2.36. The van der Waals surface area contributed by atoms with Gasteiger partial charge in [-0.2, -0.15) is 5.10 Å². The van der Waals surface area contributed by atoms with Crippen molar-refractivity contribution in [3.63, 3.8) is 0 Å². The maximum Gasteiger partial charge on any atom is 0.391 e. The molecule has 0 spiro atoms. The minimum atomic E-state index is -0.784. The summed E-state index contributed by atoms with van der Waals surface area (Å²) in [5.74, 6) is 5.72. The van der Waals surface area contributed by atoms with Crippen LogP contribution in [-0.2, 0) is 11.4 Å². The van der Waals surface area contributed by atoms with Crippen molar-refractivity contribution < 1.29 is 19.2 Å². The van der Waals surface area contributed by atoms with E-state index in [-0.39, 0.29) is 10.0 Å². The van der Waals surface area contributed by atoms with E-state index in [4.69, 9.17) is 31.3 Å². The highest BCUT2D eigenvalue weighted by molar-refractivity contribution is 7.11. The van der Waals surface area contributed by atoms with E-state index in [1.54, 1.807) is 15.4 Å². The fourth-order valence-electron chi connectivity index (χ4n) is 5.42. The third-order valence-electron chi connectivity index (χ3n) is 8.06. The van der Waals surface area contributed by atoms with Gasteiger partial charge < -0.3 is 9.57 Å². The molecule has 0 aliphatic carbocycles. The van der Waals surface area contributed by atoms with Gasteiger partial charge in [-0.3, -0.25) is 4.79 Å². The number of carbonyl (C=O) groups is 2. The van der Waals surface area contributed by atoms with Crippen molar-refractivity contribution in [2.75, 3.05) is 0 Å². The minimum Gasteiger partial charge on any atom is -0.487 e. The molecule has 7 aromatic rings. The van der Waals surface area contributed by atoms with Gasteiger partial charge in [-0.05, 0) is 60.9 Å². The number of thiazole rings is 2. The van der Waals surface area contributed by atoms with Crippen LogP contribution in [0.25, 0.3) is 27.8 Å². The summed E-state index contributed by atoms with van der Waals surface area (Å²) in [5, 5.41) is 11.2. The van der Waals surface area contributed by atoms with E-state index in [9.17, 15) is 9.59 Å². The van der Waals surface area contributed by atoms with Gasteiger partial charge in [-0.1, -0.05) is 73.7 Å². The molecule has 4 aromatic heterocycles. The number of pyridine rings is 1. The Morgan fingerprint density at radius 3 is 2.42 bits per heavy atom. The number of carbonyl (C=O) groups excluding carboxylic acids is 2. The molecule has 4 heterocycles. The molecule has 0 aliphatic heterocycles. The quantitative estimate of drug-likeness (QED) is 0.0949. The molecule has 1 atom stereocenters. The third kappa shape index (κ3) is 8.61. The lowest BCUT2D eigenvalue weighted by molar-refractivity contribution is -0.0958. The van der Waals surface area contributed by atoms with E-state index >= 15 is 0 Å². The number of ether oxygens (including phenoxy) is 1. The van der Waals surface area contributed by atoms with Crippen LogP contribution in [0.1, 0.15) is 57.2 Å². The SMILES string of the molecule is CCCCC(C#Cc1cc(-c2ccc(Cl)cc2)n(-c2ccc(OCc3ccc4ccccc4n3)cc2)n1)N(OC(=O)c1nccs1)C(=O)c1nccs1. The molecule has 10 nitrogen and oxygen atoms in total. The van der Waals surface area contributed by atoms with E-state index in [0.29, 0.717) is 29.5 Å². The van der Waals surface area contributed by atoms with Crippen LogP contribution in [0.15, 0.2) is 114 Å². The predicted molar refractivity (Wildman–Crippen MR) is 206 cm³/mol. The maximum absolute atomic E-state index is 13.7. The molecule has 53 heavy (non-hydrogen) atoms. The molecule has 3 aromatic carbocycles. The van der Waals surface area contributed by atoms with Crippen molar-refractivity contribution in [2.24, 2.45) is 0 Å². The molecule has 0 saturated heterocycles. The van der Waals surface area contributed by atoms with Crippen molar-refractivity contribution in [3.05, 3.63) is 141 Å². The van der Waals surface area contributed by atoms with E-state index in [2.05, 4.69) is 21.8 Å². The zero-order valence-electron chi connectivity index (χ0n) is 28.4. The fourth-order valence-corrected chi connectivity index (χ4v) is 6.62. The van der Waals surface area contributed by atoms with Gasteiger partial charge in [0, 0.05) is 45.2 Å². The van der Waals surface area contributed by atoms with E-state index in [0.717, 1.165) is 74.1 Å². The van der Waals surface area contributed by atoms with Crippen LogP contribution >= 0.6 is 34.3 Å². The Morgan fingerprint density at radius 1 is 0.925 bits per heavy atom. The second kappa shape index (κ2) is 16.6. The lowest BCUT2D eigenvalue weighted by Gasteiger charge is -2.25. The van der Waals surface area contributed by atoms with Gasteiger partial charge in [0.25, 0.3) is 0 Å². The average Bonchev–Trinajstić information content (AvgIpc) is 4.00. The topological polar surface area (TPSA) is 112 Å². The highest BCUT2D eigenvalue weighted by Crippen LogP contribution is 2.27. The summed E-state index contributed by atoms with van der Waals surface area (Å²) in [7, 11) is 0. The molecule has 0 bridgehead atoms. The van der Waals surface area contributed by atoms with Gasteiger partial charge in [0.05, 0.1) is 22.6 Å². The van der Waals surface area contributed by atoms with Crippen molar-refractivity contribution in [1.29, 1.82) is 0 Å². The Morgan fingerprint density at radius 2 is 1.68 bits per heavy atom. The average molecular weight is 759 g/mol. The zero-order chi connectivity index (χ0) is 36.6. The number of halogens is 1. The molecule has 0 fully saturated rings. The third-order valence-corrected chi connectivity index (χ3v) is 9.82. The summed E-state index contributed by atoms with van der Waals surface area (Å²) in [5.41, 5.74) is 4.62. The number of nitrogens with zero attached hydrogens (tertiary/aromatic N) is 6. The lowest BCUT2D eigenvalue weighted by Crippen LogP contribution is -2.41. The number of hydroxylamine groups is 2. The fraction of sp³-hybridized carbons (Fsp3) is 0.150. The first-order chi connectivity index (χ1) is 25.9. The summed E-state index contributed by atoms with van der Waals surface area (Å²) in [6.07, 6.45) is 5.04. The summed E-state index contributed by atoms with van der Waals surface area (Å²) in [6, 6.07) is 28.1. The first-order valence-electron chi connectivity index (χ1n) is 16.8. The number of para-hydroxylation sites is 1. The lowest BCUT2D eigenvalue weighted by atomic mass is 10.1. The maximum atomic E-state index is 13.7. The van der Waals surface area contributed by atoms with Crippen LogP contribution in [0, 0.1) is 11.8 Å². The molecular weight excluding hydrogens is 728 g/mol. The number of benzene rings is 3. The molecule has 0 N–H and O–H groups in total. The molecule has 0 radical (unpaired) electrons. The largest absolute Gasteiger partial charge is 0.487 e. The Kier molecular flexibility index (Phi) is 11.2. The molecule has 1 amide bonds. The Bertz CT molecular complexity index is 2390. The van der Waals surface area contributed by atoms with Crippen molar-refractivity contribution in [1.82, 2.24) is 29.8 Å². The van der Waals surface area contributed by atoms with E-state index in [1.165, 1.54) is 12.4 Å². The Balaban J connectivity index is 1.18. The highest BCUT2D eigenvalue weighted by atomic mass is 35.5. The van der Waals surface area contributed by atoms with Gasteiger partial charge in [-0.25, -0.2) is 24.4 Å². The van der Waals surface area contributed by atoms with Crippen LogP contribution in [0.2, 0.25) is 5.02 Å². The molecule has 264 valence electrons. The van der Waals surface area contributed by atoms with Crippen LogP contribution in [0.3, 0.4) is 0 Å². The number of fused-ring (bicyclic) bond motifs is 1. The summed E-state index contributed by atoms with van der Waals surface area (Å²) >= 11 is 8.50. The number of rotatable bonds is 11. The number of amides is 1. The molecular formula is C40H31ClN6O4S2. The van der Waals surface area contributed by atoms with Gasteiger partial charge >= 0.3 is 11.9 Å². The molecule has 0 saturated carbocycles.